The molecule has 0 aliphatic heterocycles. The second kappa shape index (κ2) is 7.49. The monoisotopic (exact) mass is 330 g/mol. The van der Waals surface area contributed by atoms with Gasteiger partial charge in [-0.2, -0.15) is 0 Å². The molecule has 3 nitrogen and oxygen atoms in total. The first-order chi connectivity index (χ1) is 12.1. The maximum Gasteiger partial charge on any atom is 0.335 e. The number of ether oxygens (including phenoxy) is 1. The molecule has 3 heteroatoms. The van der Waals surface area contributed by atoms with E-state index in [1.807, 2.05) is 60.7 Å². The van der Waals surface area contributed by atoms with Crippen molar-refractivity contribution in [3.63, 3.8) is 0 Å². The van der Waals surface area contributed by atoms with Crippen LogP contribution in [0, 0.1) is 0 Å². The van der Waals surface area contributed by atoms with Crippen molar-refractivity contribution in [3.8, 4) is 5.75 Å². The van der Waals surface area contributed by atoms with Gasteiger partial charge in [0, 0.05) is 5.56 Å². The number of rotatable bonds is 6. The van der Waals surface area contributed by atoms with E-state index in [-0.39, 0.29) is 5.56 Å². The lowest BCUT2D eigenvalue weighted by Gasteiger charge is -2.15. The van der Waals surface area contributed by atoms with Gasteiger partial charge in [-0.1, -0.05) is 67.2 Å². The summed E-state index contributed by atoms with van der Waals surface area (Å²) < 4.78 is 5.95. The molecule has 0 bridgehead atoms. The standard InChI is InChI=1S/C22H18O3/c1-16(18-10-6-3-7-11-18)20-14-19(22(23)24)12-13-21(20)25-15-17-8-4-2-5-9-17/h2-14H,1,15H2,(H,23,24). The summed E-state index contributed by atoms with van der Waals surface area (Å²) in [7, 11) is 0. The molecule has 3 aromatic rings. The Labute approximate surface area is 146 Å². The molecule has 0 saturated carbocycles. The molecule has 0 aromatic heterocycles. The Kier molecular flexibility index (Phi) is 4.95. The van der Waals surface area contributed by atoms with E-state index in [9.17, 15) is 9.90 Å². The third-order valence-corrected chi connectivity index (χ3v) is 3.91. The van der Waals surface area contributed by atoms with E-state index >= 15 is 0 Å². The van der Waals surface area contributed by atoms with Gasteiger partial charge < -0.3 is 9.84 Å². The van der Waals surface area contributed by atoms with E-state index in [1.165, 1.54) is 0 Å². The van der Waals surface area contributed by atoms with Crippen LogP contribution in [0.1, 0.15) is 27.0 Å². The molecule has 0 amide bonds. The minimum absolute atomic E-state index is 0.208. The van der Waals surface area contributed by atoms with Crippen molar-refractivity contribution in [1.29, 1.82) is 0 Å². The Bertz CT molecular complexity index is 884. The fraction of sp³-hybridized carbons (Fsp3) is 0.0455. The third kappa shape index (κ3) is 3.96. The third-order valence-electron chi connectivity index (χ3n) is 3.91. The molecule has 0 radical (unpaired) electrons. The van der Waals surface area contributed by atoms with Gasteiger partial charge in [0.2, 0.25) is 0 Å². The van der Waals surface area contributed by atoms with Crippen molar-refractivity contribution in [2.24, 2.45) is 0 Å². The van der Waals surface area contributed by atoms with Crippen molar-refractivity contribution >= 4 is 11.5 Å². The zero-order valence-corrected chi connectivity index (χ0v) is 13.7. The van der Waals surface area contributed by atoms with Crippen molar-refractivity contribution in [2.45, 2.75) is 6.61 Å². The van der Waals surface area contributed by atoms with Gasteiger partial charge in [-0.15, -0.1) is 0 Å². The number of benzene rings is 3. The van der Waals surface area contributed by atoms with Crippen LogP contribution in [0.4, 0.5) is 0 Å². The van der Waals surface area contributed by atoms with Crippen LogP contribution >= 0.6 is 0 Å². The summed E-state index contributed by atoms with van der Waals surface area (Å²) in [5.41, 5.74) is 3.59. The fourth-order valence-electron chi connectivity index (χ4n) is 2.55. The van der Waals surface area contributed by atoms with Crippen LogP contribution in [0.3, 0.4) is 0 Å². The van der Waals surface area contributed by atoms with Gasteiger partial charge in [0.05, 0.1) is 5.56 Å². The molecular weight excluding hydrogens is 312 g/mol. The van der Waals surface area contributed by atoms with Crippen molar-refractivity contribution < 1.29 is 14.6 Å². The van der Waals surface area contributed by atoms with Gasteiger partial charge in [-0.3, -0.25) is 0 Å². The Morgan fingerprint density at radius 2 is 1.52 bits per heavy atom. The lowest BCUT2D eigenvalue weighted by atomic mass is 9.97. The van der Waals surface area contributed by atoms with Crippen molar-refractivity contribution in [2.75, 3.05) is 0 Å². The van der Waals surface area contributed by atoms with Crippen LogP contribution in [-0.4, -0.2) is 11.1 Å². The first kappa shape index (κ1) is 16.5. The van der Waals surface area contributed by atoms with Gasteiger partial charge in [-0.05, 0) is 34.9 Å². The molecule has 0 aliphatic rings. The zero-order chi connectivity index (χ0) is 17.6. The summed E-state index contributed by atoms with van der Waals surface area (Å²) >= 11 is 0. The summed E-state index contributed by atoms with van der Waals surface area (Å²) in [6.45, 7) is 4.54. The maximum atomic E-state index is 11.3. The second-order valence-corrected chi connectivity index (χ2v) is 5.63. The Morgan fingerprint density at radius 3 is 2.16 bits per heavy atom. The highest BCUT2D eigenvalue weighted by molar-refractivity contribution is 5.91. The minimum Gasteiger partial charge on any atom is -0.488 e. The molecular formula is C22H18O3. The minimum atomic E-state index is -0.975. The molecule has 25 heavy (non-hydrogen) atoms. The summed E-state index contributed by atoms with van der Waals surface area (Å²) in [6, 6.07) is 24.3. The number of aromatic carboxylic acids is 1. The molecule has 0 heterocycles. The lowest BCUT2D eigenvalue weighted by molar-refractivity contribution is 0.0697. The highest BCUT2D eigenvalue weighted by Gasteiger charge is 2.13. The molecule has 0 unspecified atom stereocenters. The zero-order valence-electron chi connectivity index (χ0n) is 13.7. The number of carboxylic acid groups (broad SMARTS) is 1. The summed E-state index contributed by atoms with van der Waals surface area (Å²) in [6.07, 6.45) is 0. The smallest absolute Gasteiger partial charge is 0.335 e. The van der Waals surface area contributed by atoms with Gasteiger partial charge in [0.1, 0.15) is 12.4 Å². The molecule has 0 aliphatic carbocycles. The van der Waals surface area contributed by atoms with E-state index in [0.29, 0.717) is 17.9 Å². The SMILES string of the molecule is C=C(c1ccccc1)c1cc(C(=O)O)ccc1OCc1ccccc1. The maximum absolute atomic E-state index is 11.3. The predicted octanol–water partition coefficient (Wildman–Crippen LogP) is 5.03. The number of carboxylic acids is 1. The number of carbonyl (C=O) groups is 1. The van der Waals surface area contributed by atoms with Gasteiger partial charge in [0.25, 0.3) is 0 Å². The summed E-state index contributed by atoms with van der Waals surface area (Å²) in [4.78, 5) is 11.3. The Morgan fingerprint density at radius 1 is 0.880 bits per heavy atom. The van der Waals surface area contributed by atoms with E-state index in [0.717, 1.165) is 16.7 Å². The van der Waals surface area contributed by atoms with Gasteiger partial charge in [-0.25, -0.2) is 4.79 Å². The topological polar surface area (TPSA) is 46.5 Å². The molecule has 0 saturated heterocycles. The van der Waals surface area contributed by atoms with Crippen LogP contribution in [-0.2, 0) is 6.61 Å². The molecule has 3 rings (SSSR count). The highest BCUT2D eigenvalue weighted by Crippen LogP contribution is 2.31. The van der Waals surface area contributed by atoms with Crippen LogP contribution in [0.25, 0.3) is 5.57 Å². The summed E-state index contributed by atoms with van der Waals surface area (Å²) in [5, 5.41) is 9.29. The average molecular weight is 330 g/mol. The number of hydrogen-bond acceptors (Lipinski definition) is 2. The molecule has 0 atom stereocenters. The van der Waals surface area contributed by atoms with E-state index in [2.05, 4.69) is 6.58 Å². The lowest BCUT2D eigenvalue weighted by Crippen LogP contribution is -2.02. The van der Waals surface area contributed by atoms with E-state index in [4.69, 9.17) is 4.74 Å². The quantitative estimate of drug-likeness (QED) is 0.690. The second-order valence-electron chi connectivity index (χ2n) is 5.63. The highest BCUT2D eigenvalue weighted by atomic mass is 16.5. The van der Waals surface area contributed by atoms with Crippen molar-refractivity contribution in [1.82, 2.24) is 0 Å². The van der Waals surface area contributed by atoms with Crippen LogP contribution in [0.15, 0.2) is 85.4 Å². The van der Waals surface area contributed by atoms with E-state index < -0.39 is 5.97 Å². The van der Waals surface area contributed by atoms with Crippen LogP contribution in [0.5, 0.6) is 5.75 Å². The molecule has 3 aromatic carbocycles. The van der Waals surface area contributed by atoms with Crippen molar-refractivity contribution in [3.05, 3.63) is 108 Å². The Hall–Kier alpha value is -3.33. The molecule has 0 fully saturated rings. The molecule has 124 valence electrons. The van der Waals surface area contributed by atoms with Crippen LogP contribution < -0.4 is 4.74 Å². The largest absolute Gasteiger partial charge is 0.488 e. The fourth-order valence-corrected chi connectivity index (χ4v) is 2.55. The average Bonchev–Trinajstić information content (AvgIpc) is 2.67. The molecule has 1 N–H and O–H groups in total. The first-order valence-corrected chi connectivity index (χ1v) is 7.94. The molecule has 0 spiro atoms. The van der Waals surface area contributed by atoms with Crippen LogP contribution in [0.2, 0.25) is 0 Å². The van der Waals surface area contributed by atoms with E-state index in [1.54, 1.807) is 18.2 Å². The summed E-state index contributed by atoms with van der Waals surface area (Å²) in [5.74, 6) is -0.362. The predicted molar refractivity (Wildman–Crippen MR) is 98.8 cm³/mol. The van der Waals surface area contributed by atoms with Gasteiger partial charge >= 0.3 is 5.97 Å². The van der Waals surface area contributed by atoms with Gasteiger partial charge in [0.15, 0.2) is 0 Å². The normalized spacial score (nSPS) is 10.2. The number of hydrogen-bond donors (Lipinski definition) is 1. The Balaban J connectivity index is 1.94. The first-order valence-electron chi connectivity index (χ1n) is 7.94.